The van der Waals surface area contributed by atoms with Crippen LogP contribution in [-0.2, 0) is 17.9 Å². The van der Waals surface area contributed by atoms with Crippen LogP contribution in [0.2, 0.25) is 0 Å². The Morgan fingerprint density at radius 2 is 2.19 bits per heavy atom. The maximum absolute atomic E-state index is 11.4. The van der Waals surface area contributed by atoms with Crippen molar-refractivity contribution in [1.29, 1.82) is 0 Å². The Hall–Kier alpha value is -1.40. The molecule has 1 aromatic heterocycles. The van der Waals surface area contributed by atoms with Crippen LogP contribution in [0.3, 0.4) is 0 Å². The zero-order valence-corrected chi connectivity index (χ0v) is 12.6. The van der Waals surface area contributed by atoms with E-state index in [9.17, 15) is 4.79 Å². The van der Waals surface area contributed by atoms with Gasteiger partial charge in [-0.05, 0) is 38.3 Å². The Morgan fingerprint density at radius 3 is 2.81 bits per heavy atom. The van der Waals surface area contributed by atoms with E-state index < -0.39 is 0 Å². The van der Waals surface area contributed by atoms with Gasteiger partial charge in [0.2, 0.25) is 5.91 Å². The van der Waals surface area contributed by atoms with Gasteiger partial charge in [-0.1, -0.05) is 0 Å². The van der Waals surface area contributed by atoms with Gasteiger partial charge in [0.25, 0.3) is 0 Å². The standard InChI is InChI=1S/C15H24N4O2/c1-12-13(10-19(17-12)6-7-20)9-18-4-2-15(3-5-18)8-14(21)16-11-15/h10,20H,2-9,11H2,1H3,(H,16,21). The van der Waals surface area contributed by atoms with E-state index in [0.29, 0.717) is 13.0 Å². The molecule has 2 aliphatic heterocycles. The number of aryl methyl sites for hydroxylation is 1. The molecule has 3 rings (SSSR count). The summed E-state index contributed by atoms with van der Waals surface area (Å²) in [7, 11) is 0. The lowest BCUT2D eigenvalue weighted by Crippen LogP contribution is -2.40. The Labute approximate surface area is 125 Å². The van der Waals surface area contributed by atoms with E-state index >= 15 is 0 Å². The molecule has 116 valence electrons. The monoisotopic (exact) mass is 292 g/mol. The molecular formula is C15H24N4O2. The van der Waals surface area contributed by atoms with Gasteiger partial charge in [-0.25, -0.2) is 0 Å². The lowest BCUT2D eigenvalue weighted by molar-refractivity contribution is -0.119. The zero-order valence-electron chi connectivity index (χ0n) is 12.6. The molecule has 0 unspecified atom stereocenters. The summed E-state index contributed by atoms with van der Waals surface area (Å²) in [6.45, 7) is 6.54. The van der Waals surface area contributed by atoms with Crippen LogP contribution < -0.4 is 5.32 Å². The average molecular weight is 292 g/mol. The van der Waals surface area contributed by atoms with Crippen molar-refractivity contribution in [2.75, 3.05) is 26.2 Å². The number of rotatable bonds is 4. The minimum atomic E-state index is 0.119. The fourth-order valence-corrected chi connectivity index (χ4v) is 3.46. The number of amides is 1. The number of nitrogens with one attached hydrogen (secondary N) is 1. The maximum Gasteiger partial charge on any atom is 0.220 e. The first-order valence-electron chi connectivity index (χ1n) is 7.73. The molecule has 6 heteroatoms. The molecule has 0 atom stereocenters. The summed E-state index contributed by atoms with van der Waals surface area (Å²) in [4.78, 5) is 13.9. The SMILES string of the molecule is Cc1nn(CCO)cc1CN1CCC2(CC1)CNC(=O)C2. The predicted octanol–water partition coefficient (Wildman–Crippen LogP) is 0.286. The summed E-state index contributed by atoms with van der Waals surface area (Å²) < 4.78 is 1.82. The lowest BCUT2D eigenvalue weighted by Gasteiger charge is -2.38. The maximum atomic E-state index is 11.4. The highest BCUT2D eigenvalue weighted by atomic mass is 16.3. The highest BCUT2D eigenvalue weighted by Gasteiger charge is 2.40. The number of carbonyl (C=O) groups is 1. The van der Waals surface area contributed by atoms with E-state index in [0.717, 1.165) is 44.7 Å². The van der Waals surface area contributed by atoms with Crippen molar-refractivity contribution >= 4 is 5.91 Å². The van der Waals surface area contributed by atoms with Gasteiger partial charge in [-0.15, -0.1) is 0 Å². The molecule has 0 aliphatic carbocycles. The number of carbonyl (C=O) groups excluding carboxylic acids is 1. The molecule has 2 saturated heterocycles. The van der Waals surface area contributed by atoms with Crippen LogP contribution in [0.25, 0.3) is 0 Å². The minimum Gasteiger partial charge on any atom is -0.394 e. The Kier molecular flexibility index (Phi) is 3.99. The number of aromatic nitrogens is 2. The Bertz CT molecular complexity index is 518. The molecule has 3 heterocycles. The van der Waals surface area contributed by atoms with Crippen molar-refractivity contribution in [1.82, 2.24) is 20.0 Å². The van der Waals surface area contributed by atoms with Crippen molar-refractivity contribution in [3.05, 3.63) is 17.5 Å². The van der Waals surface area contributed by atoms with Crippen LogP contribution in [-0.4, -0.2) is 51.9 Å². The summed E-state index contributed by atoms with van der Waals surface area (Å²) in [6.07, 6.45) is 4.93. The van der Waals surface area contributed by atoms with Crippen molar-refractivity contribution in [2.24, 2.45) is 5.41 Å². The molecule has 0 radical (unpaired) electrons. The van der Waals surface area contributed by atoms with Crippen LogP contribution in [0.1, 0.15) is 30.5 Å². The molecule has 1 aromatic rings. The summed E-state index contributed by atoms with van der Waals surface area (Å²) >= 11 is 0. The third-order valence-corrected chi connectivity index (χ3v) is 4.88. The van der Waals surface area contributed by atoms with E-state index in [-0.39, 0.29) is 17.9 Å². The molecule has 6 nitrogen and oxygen atoms in total. The summed E-state index contributed by atoms with van der Waals surface area (Å²) in [5, 5.41) is 16.4. The van der Waals surface area contributed by atoms with Gasteiger partial charge in [0, 0.05) is 31.3 Å². The molecule has 21 heavy (non-hydrogen) atoms. The first-order valence-corrected chi connectivity index (χ1v) is 7.73. The first-order chi connectivity index (χ1) is 10.1. The van der Waals surface area contributed by atoms with Gasteiger partial charge in [0.15, 0.2) is 0 Å². The number of piperidine rings is 1. The topological polar surface area (TPSA) is 70.4 Å². The fraction of sp³-hybridized carbons (Fsp3) is 0.733. The van der Waals surface area contributed by atoms with Crippen LogP contribution in [0.4, 0.5) is 0 Å². The number of nitrogens with zero attached hydrogens (tertiary/aromatic N) is 3. The van der Waals surface area contributed by atoms with Crippen molar-refractivity contribution in [3.63, 3.8) is 0 Å². The molecule has 0 aromatic carbocycles. The molecule has 1 amide bonds. The Morgan fingerprint density at radius 1 is 1.43 bits per heavy atom. The van der Waals surface area contributed by atoms with Crippen LogP contribution >= 0.6 is 0 Å². The van der Waals surface area contributed by atoms with Crippen molar-refractivity contribution in [2.45, 2.75) is 39.3 Å². The smallest absolute Gasteiger partial charge is 0.220 e. The van der Waals surface area contributed by atoms with E-state index in [1.807, 2.05) is 17.8 Å². The van der Waals surface area contributed by atoms with E-state index in [1.54, 1.807) is 0 Å². The summed E-state index contributed by atoms with van der Waals surface area (Å²) in [5.41, 5.74) is 2.49. The molecular weight excluding hydrogens is 268 g/mol. The van der Waals surface area contributed by atoms with Gasteiger partial charge in [0.05, 0.1) is 18.8 Å². The molecule has 2 fully saturated rings. The first kappa shape index (κ1) is 14.5. The number of aliphatic hydroxyl groups excluding tert-OH is 1. The van der Waals surface area contributed by atoms with Crippen LogP contribution in [0.5, 0.6) is 0 Å². The van der Waals surface area contributed by atoms with E-state index in [4.69, 9.17) is 5.11 Å². The summed E-state index contributed by atoms with van der Waals surface area (Å²) in [5.74, 6) is 0.213. The van der Waals surface area contributed by atoms with Crippen LogP contribution in [0.15, 0.2) is 6.20 Å². The second-order valence-electron chi connectivity index (χ2n) is 6.46. The highest BCUT2D eigenvalue weighted by molar-refractivity contribution is 5.79. The lowest BCUT2D eigenvalue weighted by atomic mass is 9.77. The molecule has 2 aliphatic rings. The summed E-state index contributed by atoms with van der Waals surface area (Å²) in [6, 6.07) is 0. The molecule has 0 saturated carbocycles. The normalized spacial score (nSPS) is 21.9. The molecule has 0 bridgehead atoms. The highest BCUT2D eigenvalue weighted by Crippen LogP contribution is 2.37. The number of likely N-dealkylation sites (tertiary alicyclic amines) is 1. The molecule has 2 N–H and O–H groups in total. The predicted molar refractivity (Wildman–Crippen MR) is 78.6 cm³/mol. The third-order valence-electron chi connectivity index (χ3n) is 4.88. The number of hydrogen-bond acceptors (Lipinski definition) is 4. The van der Waals surface area contributed by atoms with Gasteiger partial charge in [-0.3, -0.25) is 14.4 Å². The fourth-order valence-electron chi connectivity index (χ4n) is 3.46. The minimum absolute atomic E-state index is 0.119. The van der Waals surface area contributed by atoms with Gasteiger partial charge in [0.1, 0.15) is 0 Å². The van der Waals surface area contributed by atoms with E-state index in [1.165, 1.54) is 5.56 Å². The van der Waals surface area contributed by atoms with Crippen molar-refractivity contribution < 1.29 is 9.90 Å². The van der Waals surface area contributed by atoms with Gasteiger partial charge < -0.3 is 10.4 Å². The van der Waals surface area contributed by atoms with E-state index in [2.05, 4.69) is 15.3 Å². The second-order valence-corrected chi connectivity index (χ2v) is 6.46. The largest absolute Gasteiger partial charge is 0.394 e. The van der Waals surface area contributed by atoms with Gasteiger partial charge >= 0.3 is 0 Å². The number of hydrogen-bond donors (Lipinski definition) is 2. The van der Waals surface area contributed by atoms with Crippen molar-refractivity contribution in [3.8, 4) is 0 Å². The zero-order chi connectivity index (χ0) is 14.9. The Balaban J connectivity index is 1.57. The molecule has 1 spiro atoms. The van der Waals surface area contributed by atoms with Gasteiger partial charge in [-0.2, -0.15) is 5.10 Å². The third kappa shape index (κ3) is 3.11. The van der Waals surface area contributed by atoms with Crippen LogP contribution in [0, 0.1) is 12.3 Å². The quantitative estimate of drug-likeness (QED) is 0.836. The second kappa shape index (κ2) is 5.77. The average Bonchev–Trinajstić information content (AvgIpc) is 2.98. The number of aliphatic hydroxyl groups is 1.